The first-order chi connectivity index (χ1) is 15.7. The highest BCUT2D eigenvalue weighted by molar-refractivity contribution is 6.31. The molecule has 1 aliphatic heterocycles. The summed E-state index contributed by atoms with van der Waals surface area (Å²) in [5, 5.41) is 0.721. The average molecular weight is 476 g/mol. The van der Waals surface area contributed by atoms with Crippen molar-refractivity contribution in [1.82, 2.24) is 14.9 Å². The number of rotatable bonds is 5. The Hall–Kier alpha value is -3.17. The van der Waals surface area contributed by atoms with Crippen molar-refractivity contribution in [3.63, 3.8) is 0 Å². The highest BCUT2D eigenvalue weighted by Crippen LogP contribution is 2.31. The number of halogens is 4. The SMILES string of the molecule is NC(=O)c1cc(-c2ccc(C(F)(F)F)cc2)nc(N2CCN(Cc3ccccc3Cl)CC2)n1. The van der Waals surface area contributed by atoms with Gasteiger partial charge in [-0.25, -0.2) is 9.97 Å². The molecule has 0 radical (unpaired) electrons. The second-order valence-electron chi connectivity index (χ2n) is 7.73. The second kappa shape index (κ2) is 9.36. The van der Waals surface area contributed by atoms with Gasteiger partial charge < -0.3 is 10.6 Å². The number of piperazine rings is 1. The number of hydrogen-bond donors (Lipinski definition) is 1. The van der Waals surface area contributed by atoms with E-state index in [0.717, 1.165) is 35.8 Å². The van der Waals surface area contributed by atoms with Crippen molar-refractivity contribution in [3.8, 4) is 11.3 Å². The van der Waals surface area contributed by atoms with Crippen molar-refractivity contribution < 1.29 is 18.0 Å². The predicted molar refractivity (Wildman–Crippen MR) is 120 cm³/mol. The number of benzene rings is 2. The van der Waals surface area contributed by atoms with Crippen molar-refractivity contribution in [2.75, 3.05) is 31.1 Å². The maximum atomic E-state index is 12.9. The van der Waals surface area contributed by atoms with Gasteiger partial charge >= 0.3 is 6.18 Å². The largest absolute Gasteiger partial charge is 0.416 e. The molecule has 0 aliphatic carbocycles. The Bertz CT molecular complexity index is 1150. The zero-order chi connectivity index (χ0) is 23.6. The number of aromatic nitrogens is 2. The maximum Gasteiger partial charge on any atom is 0.416 e. The summed E-state index contributed by atoms with van der Waals surface area (Å²) in [4.78, 5) is 24.8. The molecular weight excluding hydrogens is 455 g/mol. The lowest BCUT2D eigenvalue weighted by Crippen LogP contribution is -2.46. The minimum Gasteiger partial charge on any atom is -0.364 e. The Morgan fingerprint density at radius 1 is 1.00 bits per heavy atom. The van der Waals surface area contributed by atoms with Gasteiger partial charge in [0.25, 0.3) is 5.91 Å². The molecule has 1 saturated heterocycles. The van der Waals surface area contributed by atoms with E-state index in [1.54, 1.807) is 0 Å². The fourth-order valence-electron chi connectivity index (χ4n) is 3.65. The van der Waals surface area contributed by atoms with Gasteiger partial charge in [-0.3, -0.25) is 9.69 Å². The van der Waals surface area contributed by atoms with Gasteiger partial charge in [-0.2, -0.15) is 13.2 Å². The average Bonchev–Trinajstić information content (AvgIpc) is 2.80. The Morgan fingerprint density at radius 3 is 2.27 bits per heavy atom. The van der Waals surface area contributed by atoms with Crippen molar-refractivity contribution in [3.05, 3.63) is 76.4 Å². The molecule has 4 rings (SSSR count). The number of carbonyl (C=O) groups is 1. The van der Waals surface area contributed by atoms with Crippen LogP contribution >= 0.6 is 11.6 Å². The predicted octanol–water partition coefficient (Wildman–Crippen LogP) is 4.24. The van der Waals surface area contributed by atoms with Crippen LogP contribution in [0.3, 0.4) is 0 Å². The number of nitrogens with two attached hydrogens (primary N) is 1. The van der Waals surface area contributed by atoms with Gasteiger partial charge in [0.05, 0.1) is 11.3 Å². The first-order valence-electron chi connectivity index (χ1n) is 10.3. The van der Waals surface area contributed by atoms with Crippen LogP contribution in [0.25, 0.3) is 11.3 Å². The molecule has 1 aliphatic rings. The molecule has 0 spiro atoms. The Balaban J connectivity index is 1.53. The van der Waals surface area contributed by atoms with Gasteiger partial charge in [0.1, 0.15) is 5.69 Å². The molecule has 172 valence electrons. The highest BCUT2D eigenvalue weighted by atomic mass is 35.5. The number of anilines is 1. The molecular formula is C23H21ClF3N5O. The molecule has 33 heavy (non-hydrogen) atoms. The maximum absolute atomic E-state index is 12.9. The van der Waals surface area contributed by atoms with Crippen molar-refractivity contribution in [2.45, 2.75) is 12.7 Å². The fourth-order valence-corrected chi connectivity index (χ4v) is 3.85. The topological polar surface area (TPSA) is 75.4 Å². The first kappa shape index (κ1) is 23.0. The molecule has 0 bridgehead atoms. The van der Waals surface area contributed by atoms with E-state index in [0.29, 0.717) is 36.8 Å². The van der Waals surface area contributed by atoms with Crippen LogP contribution in [0.1, 0.15) is 21.6 Å². The molecule has 6 nitrogen and oxygen atoms in total. The molecule has 3 aromatic rings. The van der Waals surface area contributed by atoms with Crippen molar-refractivity contribution in [1.29, 1.82) is 0 Å². The summed E-state index contributed by atoms with van der Waals surface area (Å²) < 4.78 is 38.7. The second-order valence-corrected chi connectivity index (χ2v) is 8.14. The minimum absolute atomic E-state index is 0.00777. The molecule has 10 heteroatoms. The summed E-state index contributed by atoms with van der Waals surface area (Å²) in [6, 6.07) is 13.7. The molecule has 1 amide bonds. The van der Waals surface area contributed by atoms with Crippen LogP contribution in [0.4, 0.5) is 19.1 Å². The summed E-state index contributed by atoms with van der Waals surface area (Å²) in [7, 11) is 0. The number of primary amides is 1. The van der Waals surface area contributed by atoms with E-state index >= 15 is 0 Å². The van der Waals surface area contributed by atoms with E-state index in [2.05, 4.69) is 14.9 Å². The smallest absolute Gasteiger partial charge is 0.364 e. The number of carbonyl (C=O) groups excluding carboxylic acids is 1. The van der Waals surface area contributed by atoms with Crippen LogP contribution in [0, 0.1) is 0 Å². The Labute approximate surface area is 193 Å². The van der Waals surface area contributed by atoms with Crippen LogP contribution in [0.2, 0.25) is 5.02 Å². The van der Waals surface area contributed by atoms with Crippen LogP contribution in [0.5, 0.6) is 0 Å². The van der Waals surface area contributed by atoms with Gasteiger partial charge in [-0.05, 0) is 29.8 Å². The number of amides is 1. The molecule has 0 unspecified atom stereocenters. The molecule has 1 aromatic heterocycles. The van der Waals surface area contributed by atoms with Gasteiger partial charge in [-0.1, -0.05) is 41.9 Å². The van der Waals surface area contributed by atoms with E-state index in [9.17, 15) is 18.0 Å². The molecule has 0 saturated carbocycles. The van der Waals surface area contributed by atoms with E-state index in [4.69, 9.17) is 17.3 Å². The minimum atomic E-state index is -4.43. The van der Waals surface area contributed by atoms with Gasteiger partial charge in [-0.15, -0.1) is 0 Å². The van der Waals surface area contributed by atoms with Crippen LogP contribution in [0.15, 0.2) is 54.6 Å². The summed E-state index contributed by atoms with van der Waals surface area (Å²) in [5.74, 6) is -0.414. The summed E-state index contributed by atoms with van der Waals surface area (Å²) in [6.45, 7) is 3.39. The molecule has 2 aromatic carbocycles. The zero-order valence-corrected chi connectivity index (χ0v) is 18.3. The van der Waals surface area contributed by atoms with Gasteiger partial charge in [0.2, 0.25) is 5.95 Å². The van der Waals surface area contributed by atoms with Crippen molar-refractivity contribution in [2.24, 2.45) is 5.73 Å². The third kappa shape index (κ3) is 5.43. The van der Waals surface area contributed by atoms with Crippen LogP contribution in [-0.4, -0.2) is 47.0 Å². The quantitative estimate of drug-likeness (QED) is 0.597. The normalized spacial score (nSPS) is 15.0. The lowest BCUT2D eigenvalue weighted by molar-refractivity contribution is -0.137. The fraction of sp³-hybridized carbons (Fsp3) is 0.261. The van der Waals surface area contributed by atoms with E-state index < -0.39 is 17.6 Å². The van der Waals surface area contributed by atoms with Crippen LogP contribution in [-0.2, 0) is 12.7 Å². The molecule has 2 heterocycles. The molecule has 2 N–H and O–H groups in total. The highest BCUT2D eigenvalue weighted by Gasteiger charge is 2.30. The Kier molecular flexibility index (Phi) is 6.53. The molecule has 1 fully saturated rings. The summed E-state index contributed by atoms with van der Waals surface area (Å²) >= 11 is 6.26. The Morgan fingerprint density at radius 2 is 1.67 bits per heavy atom. The van der Waals surface area contributed by atoms with Crippen molar-refractivity contribution >= 4 is 23.5 Å². The lowest BCUT2D eigenvalue weighted by Gasteiger charge is -2.35. The standard InChI is InChI=1S/C23H21ClF3N5O/c24-18-4-2-1-3-16(18)14-31-9-11-32(12-10-31)22-29-19(13-20(30-22)21(28)33)15-5-7-17(8-6-15)23(25,26)27/h1-8,13H,9-12,14H2,(H2,28,33). The van der Waals surface area contributed by atoms with Crippen LogP contribution < -0.4 is 10.6 Å². The third-order valence-corrected chi connectivity index (χ3v) is 5.85. The summed E-state index contributed by atoms with van der Waals surface area (Å²) in [6.07, 6.45) is -4.43. The number of alkyl halides is 3. The van der Waals surface area contributed by atoms with Gasteiger partial charge in [0, 0.05) is 43.3 Å². The monoisotopic (exact) mass is 475 g/mol. The third-order valence-electron chi connectivity index (χ3n) is 5.48. The molecule has 0 atom stereocenters. The van der Waals surface area contributed by atoms with Gasteiger partial charge in [0.15, 0.2) is 0 Å². The first-order valence-corrected chi connectivity index (χ1v) is 10.7. The zero-order valence-electron chi connectivity index (χ0n) is 17.5. The van der Waals surface area contributed by atoms with E-state index in [1.165, 1.54) is 18.2 Å². The lowest BCUT2D eigenvalue weighted by atomic mass is 10.1. The summed E-state index contributed by atoms with van der Waals surface area (Å²) in [5.41, 5.74) is 6.51. The van der Waals surface area contributed by atoms with E-state index in [1.807, 2.05) is 29.2 Å². The van der Waals surface area contributed by atoms with E-state index in [-0.39, 0.29) is 5.69 Å². The number of nitrogens with zero attached hydrogens (tertiary/aromatic N) is 4. The number of hydrogen-bond acceptors (Lipinski definition) is 5.